The maximum absolute atomic E-state index is 12.8. The SMILES string of the molecule is C/C=C\CCCCCC(=O)N1CCC[C@H]1C(=O)NC1(C(=O)NS(=O)(=O)C2CC2)CC1. The van der Waals surface area contributed by atoms with Crippen LogP contribution < -0.4 is 10.0 Å². The van der Waals surface area contributed by atoms with E-state index in [-0.39, 0.29) is 11.8 Å². The Bertz CT molecular complexity index is 799. The van der Waals surface area contributed by atoms with Gasteiger partial charge in [0.25, 0.3) is 5.91 Å². The Labute approximate surface area is 178 Å². The summed E-state index contributed by atoms with van der Waals surface area (Å²) in [6.45, 7) is 2.54. The Morgan fingerprint density at radius 1 is 1.10 bits per heavy atom. The topological polar surface area (TPSA) is 113 Å². The summed E-state index contributed by atoms with van der Waals surface area (Å²) in [4.78, 5) is 39.6. The highest BCUT2D eigenvalue weighted by Crippen LogP contribution is 2.37. The van der Waals surface area contributed by atoms with Gasteiger partial charge >= 0.3 is 0 Å². The molecule has 3 aliphatic rings. The second-order valence-corrected chi connectivity index (χ2v) is 10.6. The molecule has 9 heteroatoms. The summed E-state index contributed by atoms with van der Waals surface area (Å²) in [7, 11) is -3.65. The van der Waals surface area contributed by atoms with Gasteiger partial charge in [-0.15, -0.1) is 0 Å². The Balaban J connectivity index is 1.49. The molecule has 3 fully saturated rings. The number of likely N-dealkylation sites (tertiary alicyclic amines) is 1. The van der Waals surface area contributed by atoms with E-state index in [9.17, 15) is 22.8 Å². The number of nitrogens with one attached hydrogen (secondary N) is 2. The third-order valence-corrected chi connectivity index (χ3v) is 7.94. The minimum Gasteiger partial charge on any atom is -0.340 e. The van der Waals surface area contributed by atoms with E-state index >= 15 is 0 Å². The molecule has 0 radical (unpaired) electrons. The van der Waals surface area contributed by atoms with E-state index in [1.54, 1.807) is 4.90 Å². The van der Waals surface area contributed by atoms with Gasteiger partial charge < -0.3 is 10.2 Å². The van der Waals surface area contributed by atoms with E-state index in [1.165, 1.54) is 0 Å². The molecule has 2 saturated carbocycles. The first kappa shape index (κ1) is 22.8. The number of allylic oxidation sites excluding steroid dienone is 2. The predicted octanol–water partition coefficient (Wildman–Crippen LogP) is 1.76. The average molecular weight is 440 g/mol. The molecule has 3 amide bonds. The van der Waals surface area contributed by atoms with Crippen molar-refractivity contribution in [3.63, 3.8) is 0 Å². The Kier molecular flexibility index (Phi) is 7.21. The van der Waals surface area contributed by atoms with Crippen molar-refractivity contribution >= 4 is 27.7 Å². The van der Waals surface area contributed by atoms with Crippen molar-refractivity contribution in [3.05, 3.63) is 12.2 Å². The molecule has 0 aromatic heterocycles. The third-order valence-electron chi connectivity index (χ3n) is 6.12. The molecule has 0 unspecified atom stereocenters. The van der Waals surface area contributed by atoms with Gasteiger partial charge in [0.05, 0.1) is 5.25 Å². The van der Waals surface area contributed by atoms with Crippen LogP contribution in [0.4, 0.5) is 0 Å². The number of hydrogen-bond donors (Lipinski definition) is 2. The quantitative estimate of drug-likeness (QED) is 0.376. The zero-order valence-corrected chi connectivity index (χ0v) is 18.5. The predicted molar refractivity (Wildman–Crippen MR) is 113 cm³/mol. The van der Waals surface area contributed by atoms with Gasteiger partial charge in [-0.2, -0.15) is 0 Å². The van der Waals surface area contributed by atoms with Crippen molar-refractivity contribution < 1.29 is 22.8 Å². The minimum atomic E-state index is -3.65. The van der Waals surface area contributed by atoms with Gasteiger partial charge in [0.1, 0.15) is 11.6 Å². The van der Waals surface area contributed by atoms with E-state index in [1.807, 2.05) is 13.0 Å². The van der Waals surface area contributed by atoms with Gasteiger partial charge in [0.2, 0.25) is 21.8 Å². The van der Waals surface area contributed by atoms with Crippen molar-refractivity contribution in [2.24, 2.45) is 0 Å². The fourth-order valence-electron chi connectivity index (χ4n) is 3.90. The molecule has 1 saturated heterocycles. The maximum Gasteiger partial charge on any atom is 0.259 e. The van der Waals surface area contributed by atoms with Crippen LogP contribution >= 0.6 is 0 Å². The van der Waals surface area contributed by atoms with Crippen LogP contribution in [-0.4, -0.2) is 54.4 Å². The van der Waals surface area contributed by atoms with E-state index in [0.717, 1.165) is 32.1 Å². The fraction of sp³-hybridized carbons (Fsp3) is 0.762. The normalized spacial score (nSPS) is 22.8. The van der Waals surface area contributed by atoms with Crippen molar-refractivity contribution in [1.29, 1.82) is 0 Å². The molecule has 0 aromatic carbocycles. The van der Waals surface area contributed by atoms with Gasteiger partial charge in [-0.05, 0) is 64.7 Å². The van der Waals surface area contributed by atoms with Crippen LogP contribution in [0, 0.1) is 0 Å². The first-order chi connectivity index (χ1) is 14.3. The van der Waals surface area contributed by atoms with E-state index in [0.29, 0.717) is 45.1 Å². The average Bonchev–Trinajstić information content (AvgIpc) is 3.62. The molecule has 1 atom stereocenters. The van der Waals surface area contributed by atoms with Crippen LogP contribution in [0.15, 0.2) is 12.2 Å². The number of carbonyl (C=O) groups excluding carboxylic acids is 3. The van der Waals surface area contributed by atoms with E-state index in [4.69, 9.17) is 0 Å². The first-order valence-electron chi connectivity index (χ1n) is 11.1. The molecule has 0 aromatic rings. The molecule has 0 bridgehead atoms. The van der Waals surface area contributed by atoms with Crippen LogP contribution in [0.5, 0.6) is 0 Å². The summed E-state index contributed by atoms with van der Waals surface area (Å²) >= 11 is 0. The largest absolute Gasteiger partial charge is 0.340 e. The molecule has 1 heterocycles. The van der Waals surface area contributed by atoms with Crippen molar-refractivity contribution in [2.75, 3.05) is 6.54 Å². The second-order valence-electron chi connectivity index (χ2n) is 8.66. The molecule has 0 spiro atoms. The van der Waals surface area contributed by atoms with Crippen molar-refractivity contribution in [2.45, 2.75) is 94.4 Å². The van der Waals surface area contributed by atoms with Gasteiger partial charge in [0.15, 0.2) is 0 Å². The molecule has 2 aliphatic carbocycles. The van der Waals surface area contributed by atoms with Crippen LogP contribution in [0.3, 0.4) is 0 Å². The zero-order valence-electron chi connectivity index (χ0n) is 17.7. The summed E-state index contributed by atoms with van der Waals surface area (Å²) < 4.78 is 26.2. The summed E-state index contributed by atoms with van der Waals surface area (Å²) in [5, 5.41) is 2.26. The molecule has 2 N–H and O–H groups in total. The Hall–Kier alpha value is -1.90. The standard InChI is InChI=1S/C21H33N3O5S/c1-2-3-4-5-6-7-10-18(25)24-15-8-9-17(24)19(26)22-21(13-14-21)20(27)23-30(28,29)16-11-12-16/h2-3,16-17H,4-15H2,1H3,(H,22,26)(H,23,27)/b3-2-/t17-/m0/s1. The molecule has 30 heavy (non-hydrogen) atoms. The van der Waals surface area contributed by atoms with Crippen molar-refractivity contribution in [3.8, 4) is 0 Å². The van der Waals surface area contributed by atoms with Crippen LogP contribution in [0.1, 0.15) is 77.6 Å². The Morgan fingerprint density at radius 3 is 2.47 bits per heavy atom. The van der Waals surface area contributed by atoms with Gasteiger partial charge in [-0.3, -0.25) is 19.1 Å². The van der Waals surface area contributed by atoms with Gasteiger partial charge in [-0.1, -0.05) is 18.6 Å². The number of hydrogen-bond acceptors (Lipinski definition) is 5. The fourth-order valence-corrected chi connectivity index (χ4v) is 5.28. The summed E-state index contributed by atoms with van der Waals surface area (Å²) in [5.74, 6) is -1.03. The van der Waals surface area contributed by atoms with Crippen LogP contribution in [0.25, 0.3) is 0 Å². The lowest BCUT2D eigenvalue weighted by molar-refractivity contribution is -0.139. The highest BCUT2D eigenvalue weighted by Gasteiger charge is 2.54. The Morgan fingerprint density at radius 2 is 1.83 bits per heavy atom. The highest BCUT2D eigenvalue weighted by atomic mass is 32.2. The summed E-state index contributed by atoms with van der Waals surface area (Å²) in [6.07, 6.45) is 11.7. The maximum atomic E-state index is 12.8. The highest BCUT2D eigenvalue weighted by molar-refractivity contribution is 7.90. The van der Waals surface area contributed by atoms with E-state index in [2.05, 4.69) is 16.1 Å². The number of amides is 3. The monoisotopic (exact) mass is 439 g/mol. The lowest BCUT2D eigenvalue weighted by Crippen LogP contribution is -2.55. The van der Waals surface area contributed by atoms with Crippen molar-refractivity contribution in [1.82, 2.24) is 14.9 Å². The number of carbonyl (C=O) groups is 3. The molecule has 168 valence electrons. The lowest BCUT2D eigenvalue weighted by Gasteiger charge is -2.26. The third kappa shape index (κ3) is 5.62. The molecular formula is C21H33N3O5S. The smallest absolute Gasteiger partial charge is 0.259 e. The van der Waals surface area contributed by atoms with Crippen LogP contribution in [0.2, 0.25) is 0 Å². The zero-order chi connectivity index (χ0) is 21.8. The molecular weight excluding hydrogens is 406 g/mol. The lowest BCUT2D eigenvalue weighted by atomic mass is 10.1. The van der Waals surface area contributed by atoms with Crippen LogP contribution in [-0.2, 0) is 24.4 Å². The first-order valence-corrected chi connectivity index (χ1v) is 12.6. The summed E-state index contributed by atoms with van der Waals surface area (Å²) in [5.41, 5.74) is -1.15. The number of rotatable bonds is 11. The summed E-state index contributed by atoms with van der Waals surface area (Å²) in [6, 6.07) is -0.578. The number of sulfonamides is 1. The van der Waals surface area contributed by atoms with Gasteiger partial charge in [0, 0.05) is 13.0 Å². The van der Waals surface area contributed by atoms with E-state index < -0.39 is 32.8 Å². The molecule has 8 nitrogen and oxygen atoms in total. The molecule has 3 rings (SSSR count). The number of nitrogens with zero attached hydrogens (tertiary/aromatic N) is 1. The number of unbranched alkanes of at least 4 members (excludes halogenated alkanes) is 3. The second kappa shape index (κ2) is 9.49. The van der Waals surface area contributed by atoms with Gasteiger partial charge in [-0.25, -0.2) is 8.42 Å². The molecule has 1 aliphatic heterocycles. The minimum absolute atomic E-state index is 0.0238.